The first-order chi connectivity index (χ1) is 7.75. The molecule has 1 aromatic carbocycles. The maximum absolute atomic E-state index is 5.91. The predicted molar refractivity (Wildman–Crippen MR) is 63.5 cm³/mol. The van der Waals surface area contributed by atoms with Crippen LogP contribution in [-0.4, -0.2) is 19.3 Å². The topological polar surface area (TPSA) is 44.5 Å². The molecule has 0 aliphatic carbocycles. The van der Waals surface area contributed by atoms with Crippen molar-refractivity contribution in [2.45, 2.75) is 31.9 Å². The van der Waals surface area contributed by atoms with Crippen molar-refractivity contribution in [3.8, 4) is 5.75 Å². The number of rotatable bonds is 3. The van der Waals surface area contributed by atoms with Crippen LogP contribution in [0.4, 0.5) is 0 Å². The van der Waals surface area contributed by atoms with Crippen LogP contribution in [0.3, 0.4) is 0 Å². The summed E-state index contributed by atoms with van der Waals surface area (Å²) in [5.74, 6) is 0.918. The van der Waals surface area contributed by atoms with Crippen LogP contribution < -0.4 is 10.5 Å². The normalized spacial score (nSPS) is 19.4. The molecular weight excluding hydrogens is 202 g/mol. The Labute approximate surface area is 96.5 Å². The van der Waals surface area contributed by atoms with Crippen molar-refractivity contribution in [1.82, 2.24) is 0 Å². The lowest BCUT2D eigenvalue weighted by Crippen LogP contribution is -2.25. The zero-order chi connectivity index (χ0) is 11.4. The molecule has 88 valence electrons. The third kappa shape index (κ3) is 2.97. The zero-order valence-corrected chi connectivity index (χ0v) is 9.69. The highest BCUT2D eigenvalue weighted by Crippen LogP contribution is 2.21. The fourth-order valence-corrected chi connectivity index (χ4v) is 1.86. The third-order valence-electron chi connectivity index (χ3n) is 2.85. The van der Waals surface area contributed by atoms with E-state index in [0.29, 0.717) is 0 Å². The highest BCUT2D eigenvalue weighted by Gasteiger charge is 2.15. The first-order valence-corrected chi connectivity index (χ1v) is 5.85. The molecule has 3 nitrogen and oxygen atoms in total. The summed E-state index contributed by atoms with van der Waals surface area (Å²) in [7, 11) is 0. The minimum atomic E-state index is 0.0539. The molecule has 2 N–H and O–H groups in total. The van der Waals surface area contributed by atoms with Gasteiger partial charge in [0.25, 0.3) is 0 Å². The van der Waals surface area contributed by atoms with E-state index in [-0.39, 0.29) is 12.1 Å². The van der Waals surface area contributed by atoms with E-state index in [4.69, 9.17) is 15.2 Å². The van der Waals surface area contributed by atoms with Gasteiger partial charge < -0.3 is 15.2 Å². The Kier molecular flexibility index (Phi) is 3.80. The smallest absolute Gasteiger partial charge is 0.120 e. The van der Waals surface area contributed by atoms with Gasteiger partial charge in [0, 0.05) is 18.9 Å². The summed E-state index contributed by atoms with van der Waals surface area (Å²) < 4.78 is 11.2. The molecule has 0 amide bonds. The maximum atomic E-state index is 5.91. The van der Waals surface area contributed by atoms with E-state index in [0.717, 1.165) is 37.4 Å². The maximum Gasteiger partial charge on any atom is 0.120 e. The molecule has 1 unspecified atom stereocenters. The molecule has 1 aliphatic rings. The Hall–Kier alpha value is -1.06. The number of benzene rings is 1. The summed E-state index contributed by atoms with van der Waals surface area (Å²) in [6, 6.07) is 8.09. The van der Waals surface area contributed by atoms with Gasteiger partial charge >= 0.3 is 0 Å². The summed E-state index contributed by atoms with van der Waals surface area (Å²) >= 11 is 0. The van der Waals surface area contributed by atoms with Crippen LogP contribution in [0.1, 0.15) is 31.4 Å². The molecule has 1 aliphatic heterocycles. The summed E-state index contributed by atoms with van der Waals surface area (Å²) in [6.07, 6.45) is 2.24. The van der Waals surface area contributed by atoms with Gasteiger partial charge in [0.15, 0.2) is 0 Å². The van der Waals surface area contributed by atoms with E-state index in [1.54, 1.807) is 0 Å². The van der Waals surface area contributed by atoms with Gasteiger partial charge in [0.05, 0.1) is 13.2 Å². The number of hydrogen-bond acceptors (Lipinski definition) is 3. The lowest BCUT2D eigenvalue weighted by atomic mass is 10.1. The minimum absolute atomic E-state index is 0.0539. The first kappa shape index (κ1) is 11.4. The molecule has 0 aromatic heterocycles. The van der Waals surface area contributed by atoms with Crippen molar-refractivity contribution >= 4 is 0 Å². The average Bonchev–Trinajstić information content (AvgIpc) is 2.30. The molecule has 1 atom stereocenters. The Morgan fingerprint density at radius 2 is 2.12 bits per heavy atom. The quantitative estimate of drug-likeness (QED) is 0.851. The molecule has 0 bridgehead atoms. The van der Waals surface area contributed by atoms with Crippen molar-refractivity contribution < 1.29 is 9.47 Å². The van der Waals surface area contributed by atoms with Crippen LogP contribution in [0.25, 0.3) is 0 Å². The third-order valence-corrected chi connectivity index (χ3v) is 2.85. The highest BCUT2D eigenvalue weighted by molar-refractivity contribution is 5.30. The molecule has 1 aromatic rings. The van der Waals surface area contributed by atoms with E-state index in [1.165, 1.54) is 0 Å². The van der Waals surface area contributed by atoms with Gasteiger partial charge in [-0.2, -0.15) is 0 Å². The van der Waals surface area contributed by atoms with Crippen molar-refractivity contribution in [2.75, 3.05) is 13.2 Å². The molecule has 0 radical (unpaired) electrons. The van der Waals surface area contributed by atoms with Gasteiger partial charge in [0.2, 0.25) is 0 Å². The molecule has 2 rings (SSSR count). The predicted octanol–water partition coefficient (Wildman–Crippen LogP) is 2.26. The van der Waals surface area contributed by atoms with Gasteiger partial charge in [-0.1, -0.05) is 12.1 Å². The second-order valence-corrected chi connectivity index (χ2v) is 4.29. The minimum Gasteiger partial charge on any atom is -0.490 e. The lowest BCUT2D eigenvalue weighted by molar-refractivity contribution is 0.0255. The molecule has 3 heteroatoms. The first-order valence-electron chi connectivity index (χ1n) is 5.85. The zero-order valence-electron chi connectivity index (χ0n) is 9.69. The lowest BCUT2D eigenvalue weighted by Gasteiger charge is -2.23. The van der Waals surface area contributed by atoms with Crippen LogP contribution in [0.15, 0.2) is 24.3 Å². The second-order valence-electron chi connectivity index (χ2n) is 4.29. The number of ether oxygens (including phenoxy) is 2. The molecule has 0 saturated carbocycles. The van der Waals surface area contributed by atoms with E-state index >= 15 is 0 Å². The van der Waals surface area contributed by atoms with Crippen molar-refractivity contribution in [2.24, 2.45) is 5.73 Å². The van der Waals surface area contributed by atoms with E-state index in [2.05, 4.69) is 0 Å². The van der Waals surface area contributed by atoms with Crippen LogP contribution in [0, 0.1) is 0 Å². The van der Waals surface area contributed by atoms with Crippen LogP contribution in [-0.2, 0) is 4.74 Å². The number of nitrogens with two attached hydrogens (primary N) is 1. The average molecular weight is 221 g/mol. The van der Waals surface area contributed by atoms with E-state index in [9.17, 15) is 0 Å². The molecule has 16 heavy (non-hydrogen) atoms. The van der Waals surface area contributed by atoms with Gasteiger partial charge in [-0.25, -0.2) is 0 Å². The molecule has 0 spiro atoms. The standard InChI is InChI=1S/C13H19NO2/c1-10(14)11-3-2-4-13(9-11)16-12-5-7-15-8-6-12/h2-4,9-10,12H,5-8,14H2,1H3. The summed E-state index contributed by atoms with van der Waals surface area (Å²) in [5, 5.41) is 0. The molecular formula is C13H19NO2. The van der Waals surface area contributed by atoms with E-state index < -0.39 is 0 Å². The van der Waals surface area contributed by atoms with Gasteiger partial charge in [-0.15, -0.1) is 0 Å². The SMILES string of the molecule is CC(N)c1cccc(OC2CCOCC2)c1. The van der Waals surface area contributed by atoms with Crippen LogP contribution in [0.2, 0.25) is 0 Å². The molecule has 1 heterocycles. The Bertz CT molecular complexity index is 332. The molecule has 1 saturated heterocycles. The van der Waals surface area contributed by atoms with Crippen molar-refractivity contribution in [3.05, 3.63) is 29.8 Å². The fraction of sp³-hybridized carbons (Fsp3) is 0.538. The second kappa shape index (κ2) is 5.32. The summed E-state index contributed by atoms with van der Waals surface area (Å²) in [4.78, 5) is 0. The van der Waals surface area contributed by atoms with Crippen LogP contribution in [0.5, 0.6) is 5.75 Å². The Morgan fingerprint density at radius 3 is 2.81 bits per heavy atom. The van der Waals surface area contributed by atoms with E-state index in [1.807, 2.05) is 31.2 Å². The summed E-state index contributed by atoms with van der Waals surface area (Å²) in [5.41, 5.74) is 6.96. The van der Waals surface area contributed by atoms with Crippen LogP contribution >= 0.6 is 0 Å². The fourth-order valence-electron chi connectivity index (χ4n) is 1.86. The Morgan fingerprint density at radius 1 is 1.38 bits per heavy atom. The molecule has 1 fully saturated rings. The summed E-state index contributed by atoms with van der Waals surface area (Å²) in [6.45, 7) is 3.59. The highest BCUT2D eigenvalue weighted by atomic mass is 16.5. The van der Waals surface area contributed by atoms with Crippen molar-refractivity contribution in [3.63, 3.8) is 0 Å². The largest absolute Gasteiger partial charge is 0.490 e. The van der Waals surface area contributed by atoms with Gasteiger partial charge in [-0.3, -0.25) is 0 Å². The van der Waals surface area contributed by atoms with Gasteiger partial charge in [0.1, 0.15) is 11.9 Å². The monoisotopic (exact) mass is 221 g/mol. The van der Waals surface area contributed by atoms with Gasteiger partial charge in [-0.05, 0) is 24.6 Å². The Balaban J connectivity index is 2.00. The van der Waals surface area contributed by atoms with Crippen molar-refractivity contribution in [1.29, 1.82) is 0 Å². The number of hydrogen-bond donors (Lipinski definition) is 1.